The highest BCUT2D eigenvalue weighted by Gasteiger charge is 2.58. The summed E-state index contributed by atoms with van der Waals surface area (Å²) in [7, 11) is 0. The molecule has 1 heterocycles. The van der Waals surface area contributed by atoms with E-state index in [2.05, 4.69) is 18.7 Å². The maximum Gasteiger partial charge on any atom is 0.150 e. The second-order valence-electron chi connectivity index (χ2n) is 11.8. The smallest absolute Gasteiger partial charge is 0.150 e. The van der Waals surface area contributed by atoms with Crippen LogP contribution in [-0.4, -0.2) is 56.7 Å². The molecule has 176 valence electrons. The predicted octanol–water partition coefficient (Wildman–Crippen LogP) is 4.81. The summed E-state index contributed by atoms with van der Waals surface area (Å²) in [6.07, 6.45) is 12.2. The molecule has 5 rings (SSSR count). The standard InChI is InChI=1S/C27H45NO3/c1-3-30-18-19-4-6-21-20(16-19)5-7-23-22(21)10-11-27(2)24(23)8-9-25(27)26(29)17-28-12-14-31-15-13-28/h19-25H,3-18H2,1-2H3/t19-,20?,21-,22?,23+,24?,25+,27-/m0/s1. The van der Waals surface area contributed by atoms with Crippen LogP contribution in [0.5, 0.6) is 0 Å². The minimum Gasteiger partial charge on any atom is -0.381 e. The Morgan fingerprint density at radius 3 is 2.61 bits per heavy atom. The van der Waals surface area contributed by atoms with E-state index in [1.54, 1.807) is 0 Å². The zero-order chi connectivity index (χ0) is 21.4. The third-order valence-corrected chi connectivity index (χ3v) is 10.5. The fourth-order valence-corrected chi connectivity index (χ4v) is 9.01. The Labute approximate surface area is 189 Å². The highest BCUT2D eigenvalue weighted by Crippen LogP contribution is 2.64. The number of nitrogens with zero attached hydrogens (tertiary/aromatic N) is 1. The summed E-state index contributed by atoms with van der Waals surface area (Å²) in [4.78, 5) is 15.7. The van der Waals surface area contributed by atoms with Gasteiger partial charge in [-0.15, -0.1) is 0 Å². The molecule has 5 aliphatic rings. The number of fused-ring (bicyclic) bond motifs is 5. The first kappa shape index (κ1) is 22.3. The summed E-state index contributed by atoms with van der Waals surface area (Å²) < 4.78 is 11.3. The van der Waals surface area contributed by atoms with Crippen LogP contribution in [0.1, 0.15) is 71.6 Å². The van der Waals surface area contributed by atoms with Crippen LogP contribution in [0.4, 0.5) is 0 Å². The van der Waals surface area contributed by atoms with Gasteiger partial charge in [0.05, 0.1) is 19.8 Å². The maximum atomic E-state index is 13.4. The van der Waals surface area contributed by atoms with Gasteiger partial charge < -0.3 is 9.47 Å². The molecular weight excluding hydrogens is 386 g/mol. The van der Waals surface area contributed by atoms with Gasteiger partial charge in [-0.25, -0.2) is 0 Å². The van der Waals surface area contributed by atoms with Crippen molar-refractivity contribution in [3.63, 3.8) is 0 Å². The van der Waals surface area contributed by atoms with Crippen LogP contribution in [0.2, 0.25) is 0 Å². The summed E-state index contributed by atoms with van der Waals surface area (Å²) in [6.45, 7) is 10.6. The average molecular weight is 432 g/mol. The van der Waals surface area contributed by atoms with Crippen molar-refractivity contribution in [2.45, 2.75) is 71.6 Å². The van der Waals surface area contributed by atoms with Crippen molar-refractivity contribution >= 4 is 5.78 Å². The highest BCUT2D eigenvalue weighted by molar-refractivity contribution is 5.84. The first-order valence-corrected chi connectivity index (χ1v) is 13.5. The Balaban J connectivity index is 1.22. The van der Waals surface area contributed by atoms with Crippen LogP contribution in [-0.2, 0) is 14.3 Å². The third kappa shape index (κ3) is 4.26. The van der Waals surface area contributed by atoms with Crippen molar-refractivity contribution < 1.29 is 14.3 Å². The SMILES string of the molecule is CCOC[C@H]1CC[C@H]2C(CC[C@@H]3C2CC[C@@]2(C)C3CC[C@@H]2C(=O)CN2CCOCC2)C1. The first-order valence-electron chi connectivity index (χ1n) is 13.5. The summed E-state index contributed by atoms with van der Waals surface area (Å²) in [5.74, 6) is 6.19. The van der Waals surface area contributed by atoms with Crippen molar-refractivity contribution in [3.8, 4) is 0 Å². The number of ether oxygens (including phenoxy) is 2. The van der Waals surface area contributed by atoms with Crippen LogP contribution in [0.15, 0.2) is 0 Å². The largest absolute Gasteiger partial charge is 0.381 e. The molecule has 1 saturated heterocycles. The van der Waals surface area contributed by atoms with Crippen molar-refractivity contribution in [2.75, 3.05) is 46.1 Å². The van der Waals surface area contributed by atoms with E-state index < -0.39 is 0 Å². The van der Waals surface area contributed by atoms with Gasteiger partial charge in [-0.2, -0.15) is 0 Å². The van der Waals surface area contributed by atoms with Crippen molar-refractivity contribution in [3.05, 3.63) is 0 Å². The molecule has 0 aromatic heterocycles. The van der Waals surface area contributed by atoms with Crippen LogP contribution in [0.25, 0.3) is 0 Å². The van der Waals surface area contributed by atoms with Crippen LogP contribution >= 0.6 is 0 Å². The fourth-order valence-electron chi connectivity index (χ4n) is 9.01. The molecule has 0 radical (unpaired) electrons. The maximum absolute atomic E-state index is 13.4. The molecule has 0 aromatic carbocycles. The van der Waals surface area contributed by atoms with Crippen molar-refractivity contribution in [2.24, 2.45) is 46.8 Å². The molecule has 4 aliphatic carbocycles. The lowest BCUT2D eigenvalue weighted by Crippen LogP contribution is -2.50. The summed E-state index contributed by atoms with van der Waals surface area (Å²) in [5.41, 5.74) is 0.267. The van der Waals surface area contributed by atoms with E-state index in [-0.39, 0.29) is 5.41 Å². The molecule has 0 N–H and O–H groups in total. The van der Waals surface area contributed by atoms with Gasteiger partial charge in [-0.05, 0) is 106 Å². The Morgan fingerprint density at radius 2 is 1.81 bits per heavy atom. The lowest BCUT2D eigenvalue weighted by atomic mass is 9.49. The molecule has 4 heteroatoms. The van der Waals surface area contributed by atoms with Gasteiger partial charge in [0.15, 0.2) is 0 Å². The quantitative estimate of drug-likeness (QED) is 0.605. The van der Waals surface area contributed by atoms with Crippen molar-refractivity contribution in [1.29, 1.82) is 0 Å². The zero-order valence-electron chi connectivity index (χ0n) is 20.0. The number of carbonyl (C=O) groups excluding carboxylic acids is 1. The summed E-state index contributed by atoms with van der Waals surface area (Å²) in [6, 6.07) is 0. The Morgan fingerprint density at radius 1 is 1.00 bits per heavy atom. The molecule has 31 heavy (non-hydrogen) atoms. The molecule has 0 bridgehead atoms. The van der Waals surface area contributed by atoms with E-state index in [4.69, 9.17) is 9.47 Å². The molecule has 0 amide bonds. The second-order valence-corrected chi connectivity index (χ2v) is 11.8. The normalized spacial score (nSPS) is 45.5. The second kappa shape index (κ2) is 9.43. The lowest BCUT2D eigenvalue weighted by molar-refractivity contribution is -0.132. The summed E-state index contributed by atoms with van der Waals surface area (Å²) in [5, 5.41) is 0. The Hall–Kier alpha value is -0.450. The van der Waals surface area contributed by atoms with Crippen LogP contribution in [0, 0.1) is 46.8 Å². The summed E-state index contributed by atoms with van der Waals surface area (Å²) >= 11 is 0. The van der Waals surface area contributed by atoms with E-state index >= 15 is 0 Å². The van der Waals surface area contributed by atoms with Gasteiger partial charge in [-0.3, -0.25) is 9.69 Å². The number of hydrogen-bond acceptors (Lipinski definition) is 4. The molecule has 4 nitrogen and oxygen atoms in total. The number of carbonyl (C=O) groups is 1. The van der Waals surface area contributed by atoms with E-state index in [1.165, 1.54) is 51.4 Å². The number of morpholine rings is 1. The van der Waals surface area contributed by atoms with E-state index in [0.29, 0.717) is 18.2 Å². The molecule has 3 unspecified atom stereocenters. The highest BCUT2D eigenvalue weighted by atomic mass is 16.5. The molecule has 4 saturated carbocycles. The Kier molecular flexibility index (Phi) is 6.80. The number of rotatable bonds is 6. The molecule has 1 aliphatic heterocycles. The van der Waals surface area contributed by atoms with Gasteiger partial charge in [-0.1, -0.05) is 6.92 Å². The average Bonchev–Trinajstić information content (AvgIpc) is 3.15. The van der Waals surface area contributed by atoms with Crippen LogP contribution in [0.3, 0.4) is 0 Å². The van der Waals surface area contributed by atoms with Gasteiger partial charge in [0.2, 0.25) is 0 Å². The molecular formula is C27H45NO3. The topological polar surface area (TPSA) is 38.8 Å². The predicted molar refractivity (Wildman–Crippen MR) is 123 cm³/mol. The lowest BCUT2D eigenvalue weighted by Gasteiger charge is -2.56. The van der Waals surface area contributed by atoms with E-state index in [0.717, 1.165) is 81.4 Å². The zero-order valence-corrected chi connectivity index (χ0v) is 20.0. The molecule has 0 spiro atoms. The third-order valence-electron chi connectivity index (χ3n) is 10.5. The minimum atomic E-state index is 0.267. The van der Waals surface area contributed by atoms with Crippen molar-refractivity contribution in [1.82, 2.24) is 4.90 Å². The number of hydrogen-bond donors (Lipinski definition) is 0. The van der Waals surface area contributed by atoms with E-state index in [1.807, 2.05) is 0 Å². The first-order chi connectivity index (χ1) is 15.1. The fraction of sp³-hybridized carbons (Fsp3) is 0.963. The number of ketones is 1. The monoisotopic (exact) mass is 431 g/mol. The van der Waals surface area contributed by atoms with E-state index in [9.17, 15) is 4.79 Å². The van der Waals surface area contributed by atoms with Gasteiger partial charge >= 0.3 is 0 Å². The van der Waals surface area contributed by atoms with Gasteiger partial charge in [0.1, 0.15) is 5.78 Å². The minimum absolute atomic E-state index is 0.267. The van der Waals surface area contributed by atoms with Gasteiger partial charge in [0, 0.05) is 32.2 Å². The molecule has 5 fully saturated rings. The molecule has 0 aromatic rings. The number of Topliss-reactive ketones (excluding diaryl/α,β-unsaturated/α-hetero) is 1. The Bertz CT molecular complexity index is 632. The van der Waals surface area contributed by atoms with Gasteiger partial charge in [0.25, 0.3) is 0 Å². The molecule has 8 atom stereocenters. The van der Waals surface area contributed by atoms with Crippen LogP contribution < -0.4 is 0 Å².